The monoisotopic (exact) mass is 262 g/mol. The maximum atomic E-state index is 2.51. The first-order valence-corrected chi connectivity index (χ1v) is 8.07. The third-order valence-corrected chi connectivity index (χ3v) is 5.14. The van der Waals surface area contributed by atoms with Crippen LogP contribution in [0, 0.1) is 5.92 Å². The SMILES string of the molecule is C1=CC2=C(C=C(C3=CC=C4C=CCCC4C3)CC2)CC1. The fraction of sp³-hybridized carbons (Fsp3) is 0.400. The number of hydrogen-bond acceptors (Lipinski definition) is 0. The van der Waals surface area contributed by atoms with Gasteiger partial charge in [0.15, 0.2) is 0 Å². The van der Waals surface area contributed by atoms with Crippen LogP contribution in [0.5, 0.6) is 0 Å². The summed E-state index contributed by atoms with van der Waals surface area (Å²) in [6.45, 7) is 0. The Morgan fingerprint density at radius 3 is 2.75 bits per heavy atom. The van der Waals surface area contributed by atoms with Crippen molar-refractivity contribution in [2.45, 2.75) is 44.9 Å². The fourth-order valence-electron chi connectivity index (χ4n) is 3.95. The minimum absolute atomic E-state index is 0.780. The Hall–Kier alpha value is -1.56. The van der Waals surface area contributed by atoms with Crippen LogP contribution in [0.4, 0.5) is 0 Å². The summed E-state index contributed by atoms with van der Waals surface area (Å²) >= 11 is 0. The predicted molar refractivity (Wildman–Crippen MR) is 85.4 cm³/mol. The molecule has 0 saturated heterocycles. The summed E-state index contributed by atoms with van der Waals surface area (Å²) in [6, 6.07) is 0. The molecular formula is C20H22. The van der Waals surface area contributed by atoms with Gasteiger partial charge in [-0.15, -0.1) is 0 Å². The van der Waals surface area contributed by atoms with Gasteiger partial charge in [0.25, 0.3) is 0 Å². The van der Waals surface area contributed by atoms with E-state index in [1.807, 2.05) is 0 Å². The first-order valence-electron chi connectivity index (χ1n) is 8.07. The summed E-state index contributed by atoms with van der Waals surface area (Å²) < 4.78 is 0. The van der Waals surface area contributed by atoms with Gasteiger partial charge in [-0.25, -0.2) is 0 Å². The van der Waals surface area contributed by atoms with E-state index in [0.29, 0.717) is 0 Å². The molecule has 20 heavy (non-hydrogen) atoms. The maximum Gasteiger partial charge on any atom is -0.0119 e. The molecule has 1 unspecified atom stereocenters. The molecule has 0 N–H and O–H groups in total. The van der Waals surface area contributed by atoms with Crippen LogP contribution in [0.3, 0.4) is 0 Å². The predicted octanol–water partition coefficient (Wildman–Crippen LogP) is 5.58. The van der Waals surface area contributed by atoms with Crippen LogP contribution >= 0.6 is 0 Å². The molecule has 0 radical (unpaired) electrons. The molecule has 1 atom stereocenters. The summed E-state index contributed by atoms with van der Waals surface area (Å²) in [7, 11) is 0. The van der Waals surface area contributed by atoms with Crippen LogP contribution < -0.4 is 0 Å². The van der Waals surface area contributed by atoms with Gasteiger partial charge in [0.2, 0.25) is 0 Å². The average Bonchev–Trinajstić information content (AvgIpc) is 2.54. The Balaban J connectivity index is 1.63. The van der Waals surface area contributed by atoms with Gasteiger partial charge in [-0.2, -0.15) is 0 Å². The van der Waals surface area contributed by atoms with Gasteiger partial charge >= 0.3 is 0 Å². The van der Waals surface area contributed by atoms with Crippen molar-refractivity contribution in [1.29, 1.82) is 0 Å². The number of allylic oxidation sites excluding steroid dienone is 12. The molecule has 0 bridgehead atoms. The highest BCUT2D eigenvalue weighted by Gasteiger charge is 2.23. The smallest absolute Gasteiger partial charge is 0.0119 e. The Morgan fingerprint density at radius 2 is 1.75 bits per heavy atom. The lowest BCUT2D eigenvalue weighted by atomic mass is 9.76. The molecule has 0 heterocycles. The minimum Gasteiger partial charge on any atom is -0.0842 e. The van der Waals surface area contributed by atoms with Crippen LogP contribution in [0.1, 0.15) is 44.9 Å². The molecule has 0 saturated carbocycles. The van der Waals surface area contributed by atoms with Gasteiger partial charge in [-0.1, -0.05) is 42.5 Å². The number of rotatable bonds is 1. The van der Waals surface area contributed by atoms with Gasteiger partial charge < -0.3 is 0 Å². The van der Waals surface area contributed by atoms with Crippen molar-refractivity contribution in [1.82, 2.24) is 0 Å². The van der Waals surface area contributed by atoms with Gasteiger partial charge in [-0.3, -0.25) is 0 Å². The molecule has 4 aliphatic carbocycles. The zero-order valence-electron chi connectivity index (χ0n) is 12.1. The zero-order chi connectivity index (χ0) is 13.4. The van der Waals surface area contributed by atoms with E-state index in [-0.39, 0.29) is 0 Å². The van der Waals surface area contributed by atoms with E-state index < -0.39 is 0 Å². The first kappa shape index (κ1) is 12.2. The normalized spacial score (nSPS) is 28.4. The molecule has 102 valence electrons. The van der Waals surface area contributed by atoms with Gasteiger partial charge in [0.1, 0.15) is 0 Å². The fourth-order valence-corrected chi connectivity index (χ4v) is 3.95. The second-order valence-electron chi connectivity index (χ2n) is 6.40. The highest BCUT2D eigenvalue weighted by molar-refractivity contribution is 5.50. The third-order valence-electron chi connectivity index (χ3n) is 5.14. The van der Waals surface area contributed by atoms with E-state index in [1.165, 1.54) is 44.9 Å². The van der Waals surface area contributed by atoms with Crippen molar-refractivity contribution < 1.29 is 0 Å². The Labute approximate surface area is 122 Å². The summed E-state index contributed by atoms with van der Waals surface area (Å²) in [5, 5.41) is 0. The van der Waals surface area contributed by atoms with Crippen LogP contribution in [-0.2, 0) is 0 Å². The number of hydrogen-bond donors (Lipinski definition) is 0. The lowest BCUT2D eigenvalue weighted by Crippen LogP contribution is -2.13. The molecule has 0 aromatic carbocycles. The zero-order valence-corrected chi connectivity index (χ0v) is 12.1. The molecule has 4 rings (SSSR count). The Morgan fingerprint density at radius 1 is 0.800 bits per heavy atom. The summed E-state index contributed by atoms with van der Waals surface area (Å²) in [5.74, 6) is 0.780. The molecule has 0 nitrogen and oxygen atoms in total. The molecule has 4 aliphatic rings. The van der Waals surface area contributed by atoms with E-state index in [0.717, 1.165) is 5.92 Å². The second kappa shape index (κ2) is 5.09. The lowest BCUT2D eigenvalue weighted by molar-refractivity contribution is 0.551. The van der Waals surface area contributed by atoms with Crippen molar-refractivity contribution in [2.24, 2.45) is 5.92 Å². The molecule has 0 fully saturated rings. The van der Waals surface area contributed by atoms with Crippen LogP contribution in [0.2, 0.25) is 0 Å². The highest BCUT2D eigenvalue weighted by atomic mass is 14.3. The van der Waals surface area contributed by atoms with Crippen molar-refractivity contribution in [2.75, 3.05) is 0 Å². The van der Waals surface area contributed by atoms with Crippen LogP contribution in [0.15, 0.2) is 70.4 Å². The summed E-state index contributed by atoms with van der Waals surface area (Å²) in [5.41, 5.74) is 7.97. The Bertz CT molecular complexity index is 602. The van der Waals surface area contributed by atoms with Crippen molar-refractivity contribution in [3.05, 3.63) is 70.4 Å². The maximum absolute atomic E-state index is 2.51. The Kier molecular flexibility index (Phi) is 3.10. The molecule has 0 aromatic heterocycles. The van der Waals surface area contributed by atoms with Crippen LogP contribution in [-0.4, -0.2) is 0 Å². The van der Waals surface area contributed by atoms with Crippen molar-refractivity contribution >= 4 is 0 Å². The summed E-state index contributed by atoms with van der Waals surface area (Å²) in [4.78, 5) is 0. The first-order chi connectivity index (χ1) is 9.90. The molecule has 0 amide bonds. The average molecular weight is 262 g/mol. The number of fused-ring (bicyclic) bond motifs is 1. The van der Waals surface area contributed by atoms with E-state index in [9.17, 15) is 0 Å². The lowest BCUT2D eigenvalue weighted by Gasteiger charge is -2.29. The minimum atomic E-state index is 0.780. The van der Waals surface area contributed by atoms with E-state index in [4.69, 9.17) is 0 Å². The second-order valence-corrected chi connectivity index (χ2v) is 6.40. The standard InChI is InChI=1S/C20H22/c1-3-7-17-13-19(11-9-15(17)5-1)20-12-10-16-6-2-4-8-18(16)14-20/h1-2,5-6,9,11,14,17H,3-4,7-8,10,12-13H2. The molecule has 0 aromatic rings. The van der Waals surface area contributed by atoms with E-state index >= 15 is 0 Å². The van der Waals surface area contributed by atoms with Crippen molar-refractivity contribution in [3.63, 3.8) is 0 Å². The quantitative estimate of drug-likeness (QED) is 0.579. The molecule has 0 heteroatoms. The largest absolute Gasteiger partial charge is 0.0842 e. The van der Waals surface area contributed by atoms with Crippen LogP contribution in [0.25, 0.3) is 0 Å². The van der Waals surface area contributed by atoms with Crippen molar-refractivity contribution in [3.8, 4) is 0 Å². The van der Waals surface area contributed by atoms with Gasteiger partial charge in [-0.05, 0) is 78.7 Å². The molecular weight excluding hydrogens is 240 g/mol. The highest BCUT2D eigenvalue weighted by Crippen LogP contribution is 2.40. The van der Waals surface area contributed by atoms with E-state index in [1.54, 1.807) is 27.9 Å². The molecule has 0 aliphatic heterocycles. The van der Waals surface area contributed by atoms with E-state index in [2.05, 4.69) is 42.5 Å². The summed E-state index contributed by atoms with van der Waals surface area (Å²) in [6.07, 6.45) is 25.4. The third kappa shape index (κ3) is 2.18. The van der Waals surface area contributed by atoms with Gasteiger partial charge in [0.05, 0.1) is 0 Å². The topological polar surface area (TPSA) is 0 Å². The van der Waals surface area contributed by atoms with Gasteiger partial charge in [0, 0.05) is 0 Å². The molecule has 0 spiro atoms.